The molecule has 0 aliphatic heterocycles. The van der Waals surface area contributed by atoms with Crippen LogP contribution in [0.1, 0.15) is 142 Å². The van der Waals surface area contributed by atoms with Crippen LogP contribution in [0.15, 0.2) is 12.2 Å². The van der Waals surface area contributed by atoms with Crippen LogP contribution in [0.3, 0.4) is 0 Å². The molecule has 30 heavy (non-hydrogen) atoms. The molecule has 0 saturated heterocycles. The van der Waals surface area contributed by atoms with Gasteiger partial charge in [0.2, 0.25) is 0 Å². The van der Waals surface area contributed by atoms with Crippen molar-refractivity contribution in [2.45, 2.75) is 148 Å². The summed E-state index contributed by atoms with van der Waals surface area (Å²) in [4.78, 5) is 2.57. The molecule has 0 heterocycles. The average Bonchev–Trinajstić information content (AvgIpc) is 2.75. The molecule has 0 aromatic heterocycles. The van der Waals surface area contributed by atoms with E-state index in [1.54, 1.807) is 0 Å². The Morgan fingerprint density at radius 3 is 1.43 bits per heavy atom. The minimum atomic E-state index is 0.781. The van der Waals surface area contributed by atoms with Crippen molar-refractivity contribution in [3.63, 3.8) is 0 Å². The number of unbranched alkanes of at least 4 members (excludes halogenated alkanes) is 15. The van der Waals surface area contributed by atoms with Gasteiger partial charge in [-0.05, 0) is 45.6 Å². The maximum absolute atomic E-state index is 4.45. The largest absolute Gasteiger partial charge is 0.303 e. The molecular formula is C28H57NS. The third kappa shape index (κ3) is 21.3. The summed E-state index contributed by atoms with van der Waals surface area (Å²) in [5.41, 5.74) is 0. The highest BCUT2D eigenvalue weighted by Crippen LogP contribution is 2.18. The van der Waals surface area contributed by atoms with Crippen molar-refractivity contribution in [3.05, 3.63) is 12.2 Å². The van der Waals surface area contributed by atoms with Gasteiger partial charge in [-0.3, -0.25) is 0 Å². The molecule has 1 atom stereocenters. The van der Waals surface area contributed by atoms with Crippen LogP contribution in [-0.2, 0) is 0 Å². The molecule has 0 aromatic carbocycles. The predicted octanol–water partition coefficient (Wildman–Crippen LogP) is 9.61. The molecule has 0 saturated carbocycles. The molecule has 0 amide bonds. The van der Waals surface area contributed by atoms with E-state index in [-0.39, 0.29) is 0 Å². The van der Waals surface area contributed by atoms with E-state index in [1.807, 2.05) is 0 Å². The highest BCUT2D eigenvalue weighted by molar-refractivity contribution is 7.80. The first-order valence-corrected chi connectivity index (χ1v) is 14.4. The minimum absolute atomic E-state index is 0.781. The molecule has 0 radical (unpaired) electrons. The number of rotatable bonds is 24. The van der Waals surface area contributed by atoms with E-state index >= 15 is 0 Å². The van der Waals surface area contributed by atoms with Gasteiger partial charge in [0.15, 0.2) is 0 Å². The average molecular weight is 440 g/mol. The summed E-state index contributed by atoms with van der Waals surface area (Å²) in [5, 5.41) is 0. The lowest BCUT2D eigenvalue weighted by atomic mass is 9.99. The van der Waals surface area contributed by atoms with Crippen molar-refractivity contribution in [1.29, 1.82) is 0 Å². The maximum Gasteiger partial charge on any atom is 0.00925 e. The fourth-order valence-corrected chi connectivity index (χ4v) is 4.68. The predicted molar refractivity (Wildman–Crippen MR) is 143 cm³/mol. The highest BCUT2D eigenvalue weighted by atomic mass is 32.1. The van der Waals surface area contributed by atoms with Crippen LogP contribution < -0.4 is 0 Å². The summed E-state index contributed by atoms with van der Waals surface area (Å²) < 4.78 is 0. The van der Waals surface area contributed by atoms with Gasteiger partial charge < -0.3 is 4.90 Å². The Morgan fingerprint density at radius 2 is 1.00 bits per heavy atom. The number of nitrogens with zero attached hydrogens (tertiary/aromatic N) is 1. The maximum atomic E-state index is 4.45. The van der Waals surface area contributed by atoms with Gasteiger partial charge in [-0.15, -0.1) is 0 Å². The quantitative estimate of drug-likeness (QED) is 0.0889. The third-order valence-electron chi connectivity index (χ3n) is 6.52. The topological polar surface area (TPSA) is 3.24 Å². The molecule has 0 aliphatic rings. The summed E-state index contributed by atoms with van der Waals surface area (Å²) in [5.74, 6) is 0.981. The number of hydrogen-bond donors (Lipinski definition) is 1. The fraction of sp³-hybridized carbons (Fsp3) is 0.929. The highest BCUT2D eigenvalue weighted by Gasteiger charge is 2.13. The molecule has 2 heteroatoms. The lowest BCUT2D eigenvalue weighted by Crippen LogP contribution is -2.33. The zero-order valence-electron chi connectivity index (χ0n) is 21.2. The molecule has 0 rings (SSSR count). The van der Waals surface area contributed by atoms with Gasteiger partial charge in [0.1, 0.15) is 0 Å². The summed E-state index contributed by atoms with van der Waals surface area (Å²) in [6.07, 6.45) is 32.7. The van der Waals surface area contributed by atoms with Gasteiger partial charge in [-0.2, -0.15) is 12.6 Å². The van der Waals surface area contributed by atoms with Crippen LogP contribution in [-0.4, -0.2) is 30.3 Å². The van der Waals surface area contributed by atoms with E-state index in [1.165, 1.54) is 128 Å². The van der Waals surface area contributed by atoms with Gasteiger partial charge in [0, 0.05) is 18.3 Å². The molecule has 180 valence electrons. The zero-order chi connectivity index (χ0) is 22.1. The smallest absolute Gasteiger partial charge is 0.00925 e. The van der Waals surface area contributed by atoms with Gasteiger partial charge >= 0.3 is 0 Å². The first-order chi connectivity index (χ1) is 14.8. The van der Waals surface area contributed by atoms with Crippen molar-refractivity contribution >= 4 is 12.6 Å². The second-order valence-corrected chi connectivity index (χ2v) is 9.88. The first-order valence-electron chi connectivity index (χ1n) is 13.7. The Labute approximate surface area is 197 Å². The van der Waals surface area contributed by atoms with Gasteiger partial charge in [0.05, 0.1) is 0 Å². The Bertz CT molecular complexity index is 342. The Balaban J connectivity index is 3.62. The van der Waals surface area contributed by atoms with Crippen molar-refractivity contribution < 1.29 is 0 Å². The fourth-order valence-electron chi connectivity index (χ4n) is 4.36. The molecule has 1 nitrogen and oxygen atoms in total. The Kier molecular flexibility index (Phi) is 25.4. The van der Waals surface area contributed by atoms with Crippen LogP contribution in [0, 0.1) is 0 Å². The summed E-state index contributed by atoms with van der Waals surface area (Å²) in [7, 11) is 2.31. The summed E-state index contributed by atoms with van der Waals surface area (Å²) >= 11 is 4.45. The van der Waals surface area contributed by atoms with Gasteiger partial charge in [0.25, 0.3) is 0 Å². The molecular weight excluding hydrogens is 382 g/mol. The van der Waals surface area contributed by atoms with Crippen molar-refractivity contribution in [1.82, 2.24) is 4.90 Å². The second-order valence-electron chi connectivity index (χ2n) is 9.43. The van der Waals surface area contributed by atoms with Gasteiger partial charge in [-0.25, -0.2) is 0 Å². The molecule has 0 spiro atoms. The van der Waals surface area contributed by atoms with Crippen LogP contribution in [0.4, 0.5) is 0 Å². The van der Waals surface area contributed by atoms with Crippen molar-refractivity contribution in [3.8, 4) is 0 Å². The molecule has 0 N–H and O–H groups in total. The number of thiol groups is 1. The Hall–Kier alpha value is 0.0500. The Morgan fingerprint density at radius 1 is 0.600 bits per heavy atom. The lowest BCUT2D eigenvalue weighted by molar-refractivity contribution is 0.221. The molecule has 0 aliphatic carbocycles. The van der Waals surface area contributed by atoms with E-state index in [0.29, 0.717) is 0 Å². The number of hydrogen-bond acceptors (Lipinski definition) is 2. The first kappa shape index (κ1) is 30.0. The standard InChI is InChI=1S/C28H57NS/c1-4-6-8-10-11-12-13-14-15-16-17-18-19-21-23-25-28(29(3)26-27-30)24-22-20-9-7-5-2/h14-15,28,30H,4-13,16-27H2,1-3H3/b15-14-. The van der Waals surface area contributed by atoms with Crippen LogP contribution in [0.5, 0.6) is 0 Å². The van der Waals surface area contributed by atoms with Crippen LogP contribution in [0.25, 0.3) is 0 Å². The van der Waals surface area contributed by atoms with E-state index in [0.717, 1.165) is 18.3 Å². The monoisotopic (exact) mass is 439 g/mol. The van der Waals surface area contributed by atoms with E-state index in [4.69, 9.17) is 0 Å². The van der Waals surface area contributed by atoms with E-state index in [9.17, 15) is 0 Å². The summed E-state index contributed by atoms with van der Waals surface area (Å²) in [6, 6.07) is 0.781. The molecule has 0 aromatic rings. The number of allylic oxidation sites excluding steroid dienone is 2. The normalized spacial score (nSPS) is 13.0. The third-order valence-corrected chi connectivity index (χ3v) is 6.72. The van der Waals surface area contributed by atoms with Gasteiger partial charge in [-0.1, -0.05) is 116 Å². The summed E-state index contributed by atoms with van der Waals surface area (Å²) in [6.45, 7) is 5.73. The molecule has 0 fully saturated rings. The van der Waals surface area contributed by atoms with Crippen molar-refractivity contribution in [2.24, 2.45) is 0 Å². The molecule has 1 unspecified atom stereocenters. The lowest BCUT2D eigenvalue weighted by Gasteiger charge is -2.28. The second kappa shape index (κ2) is 25.3. The minimum Gasteiger partial charge on any atom is -0.303 e. The van der Waals surface area contributed by atoms with Crippen molar-refractivity contribution in [2.75, 3.05) is 19.3 Å². The van der Waals surface area contributed by atoms with Crippen LogP contribution in [0.2, 0.25) is 0 Å². The van der Waals surface area contributed by atoms with E-state index < -0.39 is 0 Å². The van der Waals surface area contributed by atoms with Crippen LogP contribution >= 0.6 is 12.6 Å². The van der Waals surface area contributed by atoms with E-state index in [2.05, 4.69) is 50.6 Å². The molecule has 0 bridgehead atoms. The SMILES string of the molecule is CCCCCCCC/C=C\CCCCCCCC(CCCCCCC)N(C)CCS. The zero-order valence-corrected chi connectivity index (χ0v) is 22.1.